The summed E-state index contributed by atoms with van der Waals surface area (Å²) in [6, 6.07) is 7.38. The number of benzene rings is 2. The molecule has 0 spiro atoms. The first-order chi connectivity index (χ1) is 30.0. The topological polar surface area (TPSA) is 198 Å². The molecule has 4 aromatic rings. The number of aromatic nitrogens is 3. The number of alkyl carbamates (subject to hydrolysis) is 2. The predicted molar refractivity (Wildman–Crippen MR) is 228 cm³/mol. The third kappa shape index (κ3) is 8.79. The molecule has 0 bridgehead atoms. The average molecular weight is 878 g/mol. The van der Waals surface area contributed by atoms with Crippen molar-refractivity contribution in [1.29, 1.82) is 0 Å². The number of nitrogens with two attached hydrogens (primary N) is 1. The van der Waals surface area contributed by atoms with Gasteiger partial charge in [-0.1, -0.05) is 39.8 Å². The summed E-state index contributed by atoms with van der Waals surface area (Å²) < 4.78 is 63.9. The second-order valence-electron chi connectivity index (χ2n) is 17.0. The van der Waals surface area contributed by atoms with E-state index >= 15 is 4.39 Å². The van der Waals surface area contributed by atoms with Gasteiger partial charge in [0.1, 0.15) is 23.7 Å². The maximum Gasteiger partial charge on any atom is 0.407 e. The molecule has 338 valence electrons. The molecule has 5 atom stereocenters. The molecule has 2 fully saturated rings. The first-order valence-electron chi connectivity index (χ1n) is 21.1. The molecule has 0 aliphatic carbocycles. The molecule has 4 amide bonds. The van der Waals surface area contributed by atoms with E-state index in [1.54, 1.807) is 53.8 Å². The van der Waals surface area contributed by atoms with Gasteiger partial charge in [-0.15, -0.1) is 0 Å². The molecule has 5 heterocycles. The summed E-state index contributed by atoms with van der Waals surface area (Å²) in [5.74, 6) is -4.07. The van der Waals surface area contributed by atoms with E-state index < -0.39 is 73.1 Å². The van der Waals surface area contributed by atoms with Gasteiger partial charge in [-0.2, -0.15) is 0 Å². The number of hydrogen-bond donors (Lipinski definition) is 4. The van der Waals surface area contributed by atoms with Crippen LogP contribution in [0.25, 0.3) is 33.4 Å². The molecular formula is C44H54F3N9O7. The maximum atomic E-state index is 16.7. The molecule has 0 radical (unpaired) electrons. The van der Waals surface area contributed by atoms with Gasteiger partial charge in [0, 0.05) is 36.0 Å². The highest BCUT2D eigenvalue weighted by Gasteiger charge is 2.49. The second kappa shape index (κ2) is 17.9. The number of alkyl halides is 2. The Kier molecular flexibility index (Phi) is 12.8. The van der Waals surface area contributed by atoms with Gasteiger partial charge in [0.25, 0.3) is 5.92 Å². The molecule has 2 aromatic heterocycles. The van der Waals surface area contributed by atoms with E-state index in [1.165, 1.54) is 7.11 Å². The highest BCUT2D eigenvalue weighted by atomic mass is 19.3. The quantitative estimate of drug-likeness (QED) is 0.121. The second-order valence-corrected chi connectivity index (χ2v) is 17.0. The zero-order valence-corrected chi connectivity index (χ0v) is 36.3. The van der Waals surface area contributed by atoms with E-state index in [0.29, 0.717) is 58.3 Å². The Morgan fingerprint density at radius 1 is 1.00 bits per heavy atom. The Morgan fingerprint density at radius 2 is 1.67 bits per heavy atom. The summed E-state index contributed by atoms with van der Waals surface area (Å²) in [5.41, 5.74) is 9.79. The van der Waals surface area contributed by atoms with E-state index in [2.05, 4.69) is 30.3 Å². The molecule has 16 nitrogen and oxygen atoms in total. The SMILES string of the molecule is COC(=O)NC(C(=O)N1CC(F)(F)CC1CN=C(CN)c1ccc2c(c1)c(F)c1n2C(C)Oc2cc(-c3cnc(C4CCCN4C(=O)C(NC(=O)OC)C(C)C)[nH]3)ccc2-1)C(C)C. The number of methoxy groups -OCH3 is 2. The number of carbonyl (C=O) groups excluding carboxylic acids is 4. The molecule has 19 heteroatoms. The molecule has 63 heavy (non-hydrogen) atoms. The number of aromatic amines is 1. The number of amides is 4. The lowest BCUT2D eigenvalue weighted by molar-refractivity contribution is -0.136. The minimum absolute atomic E-state index is 0.0865. The molecule has 3 aliphatic heterocycles. The van der Waals surface area contributed by atoms with Crippen molar-refractivity contribution < 1.29 is 46.6 Å². The molecular weight excluding hydrogens is 824 g/mol. The fourth-order valence-electron chi connectivity index (χ4n) is 8.83. The third-order valence-corrected chi connectivity index (χ3v) is 12.1. The zero-order valence-electron chi connectivity index (χ0n) is 36.3. The van der Waals surface area contributed by atoms with Crippen molar-refractivity contribution in [3.8, 4) is 28.3 Å². The molecule has 5 N–H and O–H groups in total. The minimum Gasteiger partial charge on any atom is -0.470 e. The summed E-state index contributed by atoms with van der Waals surface area (Å²) in [7, 11) is 2.40. The van der Waals surface area contributed by atoms with Crippen molar-refractivity contribution in [3.05, 3.63) is 59.8 Å². The Labute approximate surface area is 362 Å². The highest BCUT2D eigenvalue weighted by Crippen LogP contribution is 2.46. The van der Waals surface area contributed by atoms with Gasteiger partial charge in [0.15, 0.2) is 12.0 Å². The van der Waals surface area contributed by atoms with Crippen LogP contribution < -0.4 is 21.1 Å². The van der Waals surface area contributed by atoms with Gasteiger partial charge in [-0.05, 0) is 61.4 Å². The van der Waals surface area contributed by atoms with Gasteiger partial charge in [0.05, 0.1) is 68.2 Å². The first kappa shape index (κ1) is 44.9. The number of ether oxygens (including phenoxy) is 3. The van der Waals surface area contributed by atoms with Crippen LogP contribution in [0.2, 0.25) is 0 Å². The summed E-state index contributed by atoms with van der Waals surface area (Å²) in [5, 5.41) is 5.40. The summed E-state index contributed by atoms with van der Waals surface area (Å²) >= 11 is 0. The normalized spacial score (nSPS) is 20.3. The number of halogens is 3. The van der Waals surface area contributed by atoms with Crippen LogP contribution in [-0.4, -0.2) is 118 Å². The largest absolute Gasteiger partial charge is 0.470 e. The van der Waals surface area contributed by atoms with Crippen LogP contribution in [0.1, 0.15) is 77.5 Å². The maximum absolute atomic E-state index is 16.7. The van der Waals surface area contributed by atoms with Crippen molar-refractivity contribution in [2.24, 2.45) is 22.6 Å². The lowest BCUT2D eigenvalue weighted by atomic mass is 10.0. The van der Waals surface area contributed by atoms with Gasteiger partial charge >= 0.3 is 12.2 Å². The number of rotatable bonds is 12. The highest BCUT2D eigenvalue weighted by molar-refractivity contribution is 6.05. The third-order valence-electron chi connectivity index (χ3n) is 12.1. The molecule has 7 rings (SSSR count). The predicted octanol–water partition coefficient (Wildman–Crippen LogP) is 6.16. The van der Waals surface area contributed by atoms with Crippen molar-refractivity contribution >= 4 is 40.6 Å². The van der Waals surface area contributed by atoms with Crippen molar-refractivity contribution in [2.45, 2.75) is 90.2 Å². The Hall–Kier alpha value is -6.11. The number of aliphatic imine (C=N–C) groups is 1. The summed E-state index contributed by atoms with van der Waals surface area (Å²) in [6.07, 6.45) is 0.378. The van der Waals surface area contributed by atoms with Gasteiger partial charge in [0.2, 0.25) is 11.8 Å². The summed E-state index contributed by atoms with van der Waals surface area (Å²) in [4.78, 5) is 66.6. The molecule has 3 aliphatic rings. The fraction of sp³-hybridized carbons (Fsp3) is 0.500. The van der Waals surface area contributed by atoms with Crippen LogP contribution in [0, 0.1) is 17.7 Å². The first-order valence-corrected chi connectivity index (χ1v) is 21.1. The van der Waals surface area contributed by atoms with Crippen LogP contribution in [0.3, 0.4) is 0 Å². The fourth-order valence-corrected chi connectivity index (χ4v) is 8.83. The van der Waals surface area contributed by atoms with Gasteiger partial charge in [-0.3, -0.25) is 14.6 Å². The Bertz CT molecular complexity index is 2430. The van der Waals surface area contributed by atoms with Crippen molar-refractivity contribution in [2.75, 3.05) is 40.4 Å². The number of hydrogen-bond acceptors (Lipinski definition) is 10. The number of imidazole rings is 1. The lowest BCUT2D eigenvalue weighted by Crippen LogP contribution is -2.53. The van der Waals surface area contributed by atoms with Crippen molar-refractivity contribution in [1.82, 2.24) is 35.0 Å². The number of nitrogens with one attached hydrogen (secondary N) is 3. The number of carbonyl (C=O) groups is 4. The van der Waals surface area contributed by atoms with Gasteiger partial charge in [-0.25, -0.2) is 27.7 Å². The van der Waals surface area contributed by atoms with Crippen molar-refractivity contribution in [3.63, 3.8) is 0 Å². The van der Waals surface area contributed by atoms with E-state index in [4.69, 9.17) is 15.2 Å². The molecule has 0 saturated carbocycles. The van der Waals surface area contributed by atoms with Crippen LogP contribution >= 0.6 is 0 Å². The van der Waals surface area contributed by atoms with Crippen LogP contribution in [-0.2, 0) is 19.1 Å². The zero-order chi connectivity index (χ0) is 45.5. The number of H-pyrrole nitrogens is 1. The number of fused-ring (bicyclic) bond motifs is 5. The summed E-state index contributed by atoms with van der Waals surface area (Å²) in [6.45, 7) is 8.32. The Morgan fingerprint density at radius 3 is 2.30 bits per heavy atom. The van der Waals surface area contributed by atoms with E-state index in [-0.39, 0.29) is 36.3 Å². The van der Waals surface area contributed by atoms with E-state index in [9.17, 15) is 28.0 Å². The molecule has 5 unspecified atom stereocenters. The minimum atomic E-state index is -3.17. The van der Waals surface area contributed by atoms with E-state index in [1.807, 2.05) is 32.9 Å². The average Bonchev–Trinajstić information content (AvgIpc) is 4.06. The van der Waals surface area contributed by atoms with Crippen LogP contribution in [0.15, 0.2) is 47.6 Å². The molecule has 2 aromatic carbocycles. The standard InChI is InChI=1S/C44H54F3N9O7/c1-22(2)36(52-42(59)61-6)40(57)54-14-8-9-33(54)39-50-20-31(51-39)26-10-12-28-34(16-26)63-24(5)56-32-13-11-25(15-29(32)35(45)38(28)56)30(18-48)49-19-27-17-44(46,47)21-55(27)41(58)37(23(3)4)53-43(60)62-7/h10-13,15-16,20,22-24,27,33,36-37H,8-9,14,17-19,21,48H2,1-7H3,(H,50,51)(H,52,59)(H,53,60). The van der Waals surface area contributed by atoms with Crippen LogP contribution in [0.4, 0.5) is 22.8 Å². The molecule has 2 saturated heterocycles. The lowest BCUT2D eigenvalue weighted by Gasteiger charge is -2.30. The smallest absolute Gasteiger partial charge is 0.407 e. The van der Waals surface area contributed by atoms with Gasteiger partial charge < -0.3 is 49.9 Å². The monoisotopic (exact) mass is 877 g/mol. The van der Waals surface area contributed by atoms with Crippen LogP contribution in [0.5, 0.6) is 5.75 Å². The van der Waals surface area contributed by atoms with E-state index in [0.717, 1.165) is 24.0 Å². The number of nitrogens with zero attached hydrogens (tertiary/aromatic N) is 5. The Balaban J connectivity index is 1.13. The number of likely N-dealkylation sites (tertiary alicyclic amines) is 2.